The van der Waals surface area contributed by atoms with Gasteiger partial charge >= 0.3 is 17.1 Å². The number of nitrogens with zero attached hydrogens (tertiary/aromatic N) is 2. The van der Waals surface area contributed by atoms with Gasteiger partial charge in [-0.15, -0.1) is 11.5 Å². The van der Waals surface area contributed by atoms with Crippen LogP contribution >= 0.6 is 0 Å². The third kappa shape index (κ3) is 10.5. The number of hydrogen-bond acceptors (Lipinski definition) is 6. The van der Waals surface area contributed by atoms with Crippen LogP contribution in [-0.4, -0.2) is 40.9 Å². The van der Waals surface area contributed by atoms with E-state index in [9.17, 15) is 10.2 Å². The molecule has 2 aromatic carbocycles. The maximum absolute atomic E-state index is 13.8. The molecule has 0 spiro atoms. The van der Waals surface area contributed by atoms with Crippen molar-refractivity contribution >= 4 is 5.97 Å². The normalized spacial score (nSPS) is 19.7. The van der Waals surface area contributed by atoms with E-state index in [4.69, 9.17) is 9.90 Å². The van der Waals surface area contributed by atoms with Crippen LogP contribution in [0, 0.1) is 0 Å². The number of benzene rings is 2. The number of carbonyl (C=O) groups excluding carboxylic acids is 1. The number of rotatable bonds is 5. The molecular formula is C40H61FeN2O4+. The Balaban J connectivity index is 0.00000145. The topological polar surface area (TPSA) is 92.7 Å². The van der Waals surface area contributed by atoms with E-state index in [1.54, 1.807) is 0 Å². The van der Waals surface area contributed by atoms with Gasteiger partial charge in [0.2, 0.25) is 0 Å². The van der Waals surface area contributed by atoms with Crippen molar-refractivity contribution in [3.05, 3.63) is 57.6 Å². The van der Waals surface area contributed by atoms with E-state index in [2.05, 4.69) is 117 Å². The Kier molecular flexibility index (Phi) is 13.3. The second kappa shape index (κ2) is 15.2. The number of aliphatic carboxylic acids is 1. The maximum Gasteiger partial charge on any atom is 4.00 e. The minimum atomic E-state index is -1.08. The molecule has 0 amide bonds. The van der Waals surface area contributed by atoms with Gasteiger partial charge in [-0.2, -0.15) is 0 Å². The van der Waals surface area contributed by atoms with E-state index in [0.717, 1.165) is 68.0 Å². The van der Waals surface area contributed by atoms with Crippen LogP contribution in [-0.2, 0) is 56.6 Å². The summed E-state index contributed by atoms with van der Waals surface area (Å²) in [5.74, 6) is -0.650. The van der Waals surface area contributed by atoms with Crippen molar-refractivity contribution < 1.29 is 37.2 Å². The molecule has 0 saturated carbocycles. The van der Waals surface area contributed by atoms with E-state index in [1.165, 1.54) is 11.1 Å². The minimum Gasteiger partial charge on any atom is -0.872 e. The van der Waals surface area contributed by atoms with Crippen molar-refractivity contribution in [1.29, 1.82) is 0 Å². The standard InChI is InChI=1S/C38H60N2O2.C2H4O2.Fe/c1-35(2,3)27-19-25(33(41)29(21-27)37(7,8)9)23-39-17-13-15-31(39)32-16-14-18-40(32)24-26-20-28(36(4,5)6)22-30(34(26)42)38(10,11)12;1-2(3)4;/h19-22,31-32,41-42H,13-18,23-24H2,1-12H3;1H3,(H,3,4);/q;;+4/p-3/t31-,32+;;. The molecule has 0 unspecified atom stereocenters. The van der Waals surface area contributed by atoms with Crippen LogP contribution in [0.25, 0.3) is 0 Å². The van der Waals surface area contributed by atoms with Crippen molar-refractivity contribution in [2.75, 3.05) is 13.1 Å². The van der Waals surface area contributed by atoms with E-state index >= 15 is 0 Å². The van der Waals surface area contributed by atoms with Crippen molar-refractivity contribution in [3.8, 4) is 11.5 Å². The first-order valence-electron chi connectivity index (χ1n) is 17.3. The molecular weight excluding hydrogens is 628 g/mol. The first-order valence-corrected chi connectivity index (χ1v) is 17.3. The molecule has 0 aliphatic carbocycles. The molecule has 6 nitrogen and oxygen atoms in total. The number of hydrogen-bond donors (Lipinski definition) is 0. The Morgan fingerprint density at radius 2 is 0.936 bits per heavy atom. The molecule has 2 atom stereocenters. The summed E-state index contributed by atoms with van der Waals surface area (Å²) < 4.78 is 0. The zero-order valence-electron chi connectivity index (χ0n) is 31.5. The monoisotopic (exact) mass is 689 g/mol. The summed E-state index contributed by atoms with van der Waals surface area (Å²) in [6, 6.07) is 9.51. The van der Waals surface area contributed by atoms with Gasteiger partial charge < -0.3 is 20.1 Å². The van der Waals surface area contributed by atoms with Crippen LogP contribution in [0.5, 0.6) is 11.5 Å². The molecule has 47 heavy (non-hydrogen) atoms. The molecule has 2 fully saturated rings. The van der Waals surface area contributed by atoms with Crippen LogP contribution in [0.1, 0.15) is 149 Å². The zero-order chi connectivity index (χ0) is 35.0. The summed E-state index contributed by atoms with van der Waals surface area (Å²) in [4.78, 5) is 14.1. The molecule has 4 rings (SSSR count). The summed E-state index contributed by atoms with van der Waals surface area (Å²) in [6.45, 7) is 30.8. The van der Waals surface area contributed by atoms with E-state index in [-0.39, 0.29) is 50.2 Å². The Morgan fingerprint density at radius 3 is 1.19 bits per heavy atom. The summed E-state index contributed by atoms with van der Waals surface area (Å²) >= 11 is 0. The Morgan fingerprint density at radius 1 is 0.638 bits per heavy atom. The van der Waals surface area contributed by atoms with Crippen LogP contribution in [0.4, 0.5) is 0 Å². The van der Waals surface area contributed by atoms with Gasteiger partial charge in [-0.1, -0.05) is 107 Å². The van der Waals surface area contributed by atoms with Crippen molar-refractivity contribution in [2.45, 2.75) is 163 Å². The maximum atomic E-state index is 13.8. The molecule has 0 radical (unpaired) electrons. The first kappa shape index (κ1) is 41.1. The molecule has 2 saturated heterocycles. The van der Waals surface area contributed by atoms with Gasteiger partial charge in [-0.05, 0) is 101 Å². The Bertz CT molecular complexity index is 1270. The van der Waals surface area contributed by atoms with Gasteiger partial charge in [0.15, 0.2) is 0 Å². The van der Waals surface area contributed by atoms with Crippen LogP contribution in [0.2, 0.25) is 0 Å². The van der Waals surface area contributed by atoms with Gasteiger partial charge in [0.25, 0.3) is 0 Å². The van der Waals surface area contributed by atoms with Gasteiger partial charge in [-0.25, -0.2) is 0 Å². The molecule has 2 aromatic rings. The Hall–Kier alpha value is -2.05. The molecule has 2 aliphatic rings. The minimum absolute atomic E-state index is 0. The zero-order valence-corrected chi connectivity index (χ0v) is 32.6. The molecule has 0 bridgehead atoms. The smallest absolute Gasteiger partial charge is 0.872 e. The second-order valence-electron chi connectivity index (χ2n) is 17.9. The van der Waals surface area contributed by atoms with Gasteiger partial charge in [0, 0.05) is 31.1 Å². The SMILES string of the molecule is CC(=O)[O-].CC(C)(C)c1cc(CN2CCC[C@@H]2[C@@H]2CCCN2Cc2cc(C(C)(C)C)cc(C(C)(C)C)c2[O-])c([O-])c(C(C)(C)C)c1.[Fe+4]. The quantitative estimate of drug-likeness (QED) is 0.337. The second-order valence-corrected chi connectivity index (χ2v) is 17.9. The van der Waals surface area contributed by atoms with Gasteiger partial charge in [-0.3, -0.25) is 9.80 Å². The number of carboxylic acids is 1. The third-order valence-corrected chi connectivity index (χ3v) is 9.70. The number of likely N-dealkylation sites (tertiary alicyclic amines) is 2. The van der Waals surface area contributed by atoms with Crippen LogP contribution in [0.3, 0.4) is 0 Å². The fourth-order valence-corrected chi connectivity index (χ4v) is 7.00. The molecule has 2 heterocycles. The van der Waals surface area contributed by atoms with E-state index < -0.39 is 5.97 Å². The van der Waals surface area contributed by atoms with Gasteiger partial charge in [0.1, 0.15) is 0 Å². The van der Waals surface area contributed by atoms with Crippen LogP contribution < -0.4 is 15.3 Å². The largest absolute Gasteiger partial charge is 4.00 e. The van der Waals surface area contributed by atoms with Crippen LogP contribution in [0.15, 0.2) is 24.3 Å². The van der Waals surface area contributed by atoms with Crippen molar-refractivity contribution in [1.82, 2.24) is 9.80 Å². The van der Waals surface area contributed by atoms with E-state index in [1.807, 2.05) is 0 Å². The number of carboxylic acid groups (broad SMARTS) is 1. The predicted molar refractivity (Wildman–Crippen MR) is 184 cm³/mol. The van der Waals surface area contributed by atoms with Crippen molar-refractivity contribution in [3.63, 3.8) is 0 Å². The average molecular weight is 690 g/mol. The average Bonchev–Trinajstić information content (AvgIpc) is 3.52. The number of carbonyl (C=O) groups is 1. The fraction of sp³-hybridized carbons (Fsp3) is 0.675. The molecule has 0 aromatic heterocycles. The summed E-state index contributed by atoms with van der Waals surface area (Å²) in [5, 5.41) is 36.5. The molecule has 7 heteroatoms. The summed E-state index contributed by atoms with van der Waals surface area (Å²) in [5.41, 5.74) is 5.83. The van der Waals surface area contributed by atoms with E-state index in [0.29, 0.717) is 25.2 Å². The summed E-state index contributed by atoms with van der Waals surface area (Å²) in [6.07, 6.45) is 4.63. The third-order valence-electron chi connectivity index (χ3n) is 9.70. The Labute approximate surface area is 296 Å². The molecule has 0 N–H and O–H groups in total. The van der Waals surface area contributed by atoms with Gasteiger partial charge in [0.05, 0.1) is 0 Å². The predicted octanol–water partition coefficient (Wildman–Crippen LogP) is 6.41. The fourth-order valence-electron chi connectivity index (χ4n) is 7.00. The van der Waals surface area contributed by atoms with Crippen molar-refractivity contribution in [2.24, 2.45) is 0 Å². The molecule has 262 valence electrons. The molecule has 2 aliphatic heterocycles. The first-order chi connectivity index (χ1) is 20.9. The summed E-state index contributed by atoms with van der Waals surface area (Å²) in [7, 11) is 0.